The number of anilines is 2. The van der Waals surface area contributed by atoms with Crippen molar-refractivity contribution in [1.29, 1.82) is 0 Å². The smallest absolute Gasteiger partial charge is 0.296 e. The van der Waals surface area contributed by atoms with Gasteiger partial charge in [0.25, 0.3) is 0 Å². The fourth-order valence-electron chi connectivity index (χ4n) is 3.11. The third-order valence-corrected chi connectivity index (χ3v) is 4.21. The maximum atomic E-state index is 12.8. The van der Waals surface area contributed by atoms with Crippen LogP contribution in [0.15, 0.2) is 66.7 Å². The van der Waals surface area contributed by atoms with Gasteiger partial charge in [-0.15, -0.1) is 0 Å². The van der Waals surface area contributed by atoms with Crippen molar-refractivity contribution in [1.82, 2.24) is 0 Å². The molecule has 0 aliphatic carbocycles. The van der Waals surface area contributed by atoms with Gasteiger partial charge in [0.1, 0.15) is 0 Å². The monoisotopic (exact) mass is 288 g/mol. The van der Waals surface area contributed by atoms with Crippen LogP contribution in [0.3, 0.4) is 0 Å². The second kappa shape index (κ2) is 4.88. The number of nitrogens with zero attached hydrogens (tertiary/aromatic N) is 2. The molecule has 0 radical (unpaired) electrons. The molecule has 1 aliphatic heterocycles. The van der Waals surface area contributed by atoms with Crippen molar-refractivity contribution in [3.63, 3.8) is 0 Å². The van der Waals surface area contributed by atoms with Gasteiger partial charge >= 0.3 is 6.03 Å². The molecule has 108 valence electrons. The minimum Gasteiger partial charge on any atom is -0.296 e. The van der Waals surface area contributed by atoms with Crippen molar-refractivity contribution >= 4 is 28.2 Å². The van der Waals surface area contributed by atoms with Crippen LogP contribution in [0, 0.1) is 0 Å². The number of hydrogen-bond acceptors (Lipinski definition) is 1. The SMILES string of the molecule is CN1C(=O)N(Cc2ccccc2)c2cccc3cccc1c23. The Kier molecular flexibility index (Phi) is 2.86. The maximum Gasteiger partial charge on any atom is 0.329 e. The molecule has 0 bridgehead atoms. The maximum absolute atomic E-state index is 12.8. The highest BCUT2D eigenvalue weighted by Crippen LogP contribution is 2.39. The van der Waals surface area contributed by atoms with E-state index in [1.54, 1.807) is 4.90 Å². The Morgan fingerprint density at radius 1 is 0.818 bits per heavy atom. The summed E-state index contributed by atoms with van der Waals surface area (Å²) in [4.78, 5) is 16.4. The molecular weight excluding hydrogens is 272 g/mol. The second-order valence-corrected chi connectivity index (χ2v) is 5.57. The topological polar surface area (TPSA) is 23.6 Å². The minimum absolute atomic E-state index is 0.00931. The van der Waals surface area contributed by atoms with E-state index < -0.39 is 0 Å². The highest BCUT2D eigenvalue weighted by atomic mass is 16.2. The lowest BCUT2D eigenvalue weighted by atomic mass is 10.0. The lowest BCUT2D eigenvalue weighted by Crippen LogP contribution is -2.43. The van der Waals surface area contributed by atoms with Crippen LogP contribution >= 0.6 is 0 Å². The Labute approximate surface area is 129 Å². The van der Waals surface area contributed by atoms with Crippen LogP contribution in [0.5, 0.6) is 0 Å². The molecule has 3 heteroatoms. The van der Waals surface area contributed by atoms with Crippen LogP contribution in [0.4, 0.5) is 16.2 Å². The molecule has 0 fully saturated rings. The summed E-state index contributed by atoms with van der Waals surface area (Å²) in [5.41, 5.74) is 3.09. The Morgan fingerprint density at radius 3 is 2.23 bits per heavy atom. The van der Waals surface area contributed by atoms with E-state index in [9.17, 15) is 4.79 Å². The normalized spacial score (nSPS) is 13.8. The van der Waals surface area contributed by atoms with E-state index in [0.29, 0.717) is 6.54 Å². The van der Waals surface area contributed by atoms with Gasteiger partial charge in [-0.1, -0.05) is 54.6 Å². The number of carbonyl (C=O) groups excluding carboxylic acids is 1. The number of benzene rings is 3. The van der Waals surface area contributed by atoms with E-state index in [1.165, 1.54) is 0 Å². The van der Waals surface area contributed by atoms with Gasteiger partial charge in [0.15, 0.2) is 0 Å². The summed E-state index contributed by atoms with van der Waals surface area (Å²) >= 11 is 0. The van der Waals surface area contributed by atoms with E-state index in [0.717, 1.165) is 27.7 Å². The zero-order chi connectivity index (χ0) is 15.1. The largest absolute Gasteiger partial charge is 0.329 e. The fraction of sp³-hybridized carbons (Fsp3) is 0.105. The Hall–Kier alpha value is -2.81. The molecule has 0 saturated carbocycles. The van der Waals surface area contributed by atoms with Crippen molar-refractivity contribution < 1.29 is 4.79 Å². The molecule has 0 saturated heterocycles. The third kappa shape index (κ3) is 1.86. The predicted molar refractivity (Wildman–Crippen MR) is 90.4 cm³/mol. The third-order valence-electron chi connectivity index (χ3n) is 4.21. The standard InChI is InChI=1S/C19H16N2O/c1-20-16-11-5-9-15-10-6-12-17(18(15)16)21(19(20)22)13-14-7-3-2-4-8-14/h2-12H,13H2,1H3. The Bertz CT molecular complexity index is 852. The highest BCUT2D eigenvalue weighted by Gasteiger charge is 2.29. The first-order chi connectivity index (χ1) is 10.8. The molecule has 4 rings (SSSR count). The quantitative estimate of drug-likeness (QED) is 0.685. The van der Waals surface area contributed by atoms with Crippen LogP contribution in [0.2, 0.25) is 0 Å². The molecule has 0 atom stereocenters. The average Bonchev–Trinajstić information content (AvgIpc) is 2.57. The van der Waals surface area contributed by atoms with Gasteiger partial charge in [-0.2, -0.15) is 0 Å². The average molecular weight is 288 g/mol. The molecule has 3 aromatic carbocycles. The summed E-state index contributed by atoms with van der Waals surface area (Å²) in [6.45, 7) is 0.581. The van der Waals surface area contributed by atoms with E-state index in [-0.39, 0.29) is 6.03 Å². The van der Waals surface area contributed by atoms with Gasteiger partial charge in [-0.25, -0.2) is 4.79 Å². The molecule has 0 N–H and O–H groups in total. The van der Waals surface area contributed by atoms with Gasteiger partial charge in [0.2, 0.25) is 0 Å². The number of carbonyl (C=O) groups is 1. The molecular formula is C19H16N2O. The van der Waals surface area contributed by atoms with Crippen LogP contribution in [-0.4, -0.2) is 13.1 Å². The summed E-state index contributed by atoms with van der Waals surface area (Å²) in [5.74, 6) is 0. The highest BCUT2D eigenvalue weighted by molar-refractivity contribution is 6.19. The number of hydrogen-bond donors (Lipinski definition) is 0. The summed E-state index contributed by atoms with van der Waals surface area (Å²) in [6, 6.07) is 22.3. The Morgan fingerprint density at radius 2 is 1.50 bits per heavy atom. The summed E-state index contributed by atoms with van der Waals surface area (Å²) in [6.07, 6.45) is 0. The molecule has 1 heterocycles. The van der Waals surface area contributed by atoms with Gasteiger partial charge in [0, 0.05) is 12.4 Å². The van der Waals surface area contributed by atoms with Gasteiger partial charge in [0.05, 0.1) is 17.9 Å². The zero-order valence-electron chi connectivity index (χ0n) is 12.4. The van der Waals surface area contributed by atoms with Crippen LogP contribution < -0.4 is 9.80 Å². The van der Waals surface area contributed by atoms with E-state index in [1.807, 2.05) is 66.5 Å². The summed E-state index contributed by atoms with van der Waals surface area (Å²) < 4.78 is 0. The minimum atomic E-state index is 0.00931. The first-order valence-corrected chi connectivity index (χ1v) is 7.36. The molecule has 0 aromatic heterocycles. The number of amides is 2. The molecule has 0 unspecified atom stereocenters. The summed E-state index contributed by atoms with van der Waals surface area (Å²) in [5, 5.41) is 2.30. The lowest BCUT2D eigenvalue weighted by Gasteiger charge is -2.35. The van der Waals surface area contributed by atoms with Gasteiger partial charge in [-0.3, -0.25) is 9.80 Å². The molecule has 2 amide bonds. The Balaban J connectivity index is 1.90. The fourth-order valence-corrected chi connectivity index (χ4v) is 3.11. The van der Waals surface area contributed by atoms with Crippen LogP contribution in [-0.2, 0) is 6.54 Å². The zero-order valence-corrected chi connectivity index (χ0v) is 12.4. The van der Waals surface area contributed by atoms with E-state index in [2.05, 4.69) is 12.1 Å². The van der Waals surface area contributed by atoms with E-state index >= 15 is 0 Å². The molecule has 3 nitrogen and oxygen atoms in total. The molecule has 0 spiro atoms. The van der Waals surface area contributed by atoms with Crippen LogP contribution in [0.25, 0.3) is 10.8 Å². The van der Waals surface area contributed by atoms with Crippen molar-refractivity contribution in [2.24, 2.45) is 0 Å². The van der Waals surface area contributed by atoms with Crippen molar-refractivity contribution in [3.05, 3.63) is 72.3 Å². The second-order valence-electron chi connectivity index (χ2n) is 5.57. The van der Waals surface area contributed by atoms with Crippen LogP contribution in [0.1, 0.15) is 5.56 Å². The van der Waals surface area contributed by atoms with Gasteiger partial charge < -0.3 is 0 Å². The molecule has 3 aromatic rings. The van der Waals surface area contributed by atoms with Gasteiger partial charge in [-0.05, 0) is 23.1 Å². The molecule has 1 aliphatic rings. The van der Waals surface area contributed by atoms with E-state index in [4.69, 9.17) is 0 Å². The van der Waals surface area contributed by atoms with Crippen molar-refractivity contribution in [2.75, 3.05) is 16.8 Å². The predicted octanol–water partition coefficient (Wildman–Crippen LogP) is 4.42. The first kappa shape index (κ1) is 12.9. The number of urea groups is 1. The number of rotatable bonds is 2. The first-order valence-electron chi connectivity index (χ1n) is 7.36. The van der Waals surface area contributed by atoms with Crippen molar-refractivity contribution in [2.45, 2.75) is 6.54 Å². The van der Waals surface area contributed by atoms with Crippen molar-refractivity contribution in [3.8, 4) is 0 Å². The molecule has 22 heavy (non-hydrogen) atoms. The lowest BCUT2D eigenvalue weighted by molar-refractivity contribution is 0.252. The summed E-state index contributed by atoms with van der Waals surface area (Å²) in [7, 11) is 1.84.